The second kappa shape index (κ2) is 8.29. The second-order valence-corrected chi connectivity index (χ2v) is 8.18. The molecule has 0 fully saturated rings. The Bertz CT molecular complexity index is 1220. The number of rotatable bonds is 6. The number of hydrogen-bond acceptors (Lipinski definition) is 5. The molecular formula is C20H16FN3O5S. The van der Waals surface area contributed by atoms with Crippen LogP contribution in [-0.4, -0.2) is 26.3 Å². The van der Waals surface area contributed by atoms with Crippen molar-refractivity contribution < 1.29 is 22.5 Å². The maximum atomic E-state index is 13.5. The van der Waals surface area contributed by atoms with Crippen molar-refractivity contribution in [1.29, 1.82) is 0 Å². The van der Waals surface area contributed by atoms with E-state index in [9.17, 15) is 27.7 Å². The van der Waals surface area contributed by atoms with Crippen LogP contribution in [0.25, 0.3) is 0 Å². The van der Waals surface area contributed by atoms with Crippen LogP contribution in [0.5, 0.6) is 0 Å². The lowest BCUT2D eigenvalue weighted by Crippen LogP contribution is -2.26. The van der Waals surface area contributed by atoms with Gasteiger partial charge in [-0.1, -0.05) is 24.3 Å². The number of para-hydroxylation sites is 1. The van der Waals surface area contributed by atoms with Crippen molar-refractivity contribution >= 4 is 33.0 Å². The standard InChI is InChI=1S/C20H16FN3O5S/c1-23(16-7-3-2-4-8-16)30(28,29)17-9-5-6-14(12-17)20(25)22-15-10-11-18(21)19(13-15)24(26)27/h2-13H,1H3,(H,22,25). The predicted octanol–water partition coefficient (Wildman–Crippen LogP) is 3.81. The van der Waals surface area contributed by atoms with Crippen molar-refractivity contribution in [1.82, 2.24) is 0 Å². The van der Waals surface area contributed by atoms with E-state index in [2.05, 4.69) is 5.32 Å². The van der Waals surface area contributed by atoms with Crippen molar-refractivity contribution in [2.75, 3.05) is 16.7 Å². The van der Waals surface area contributed by atoms with Crippen molar-refractivity contribution in [3.8, 4) is 0 Å². The molecule has 154 valence electrons. The normalized spacial score (nSPS) is 11.0. The van der Waals surface area contributed by atoms with Gasteiger partial charge in [0.25, 0.3) is 15.9 Å². The van der Waals surface area contributed by atoms with Gasteiger partial charge in [0, 0.05) is 24.4 Å². The lowest BCUT2D eigenvalue weighted by Gasteiger charge is -2.19. The number of amides is 1. The van der Waals surface area contributed by atoms with Crippen LogP contribution in [0.4, 0.5) is 21.5 Å². The summed E-state index contributed by atoms with van der Waals surface area (Å²) in [6, 6.07) is 16.7. The van der Waals surface area contributed by atoms with Gasteiger partial charge in [-0.2, -0.15) is 4.39 Å². The van der Waals surface area contributed by atoms with Gasteiger partial charge in [-0.25, -0.2) is 8.42 Å². The fourth-order valence-corrected chi connectivity index (χ4v) is 3.91. The van der Waals surface area contributed by atoms with Crippen molar-refractivity contribution in [2.24, 2.45) is 0 Å². The Morgan fingerprint density at radius 1 is 1.03 bits per heavy atom. The van der Waals surface area contributed by atoms with E-state index in [1.54, 1.807) is 30.3 Å². The summed E-state index contributed by atoms with van der Waals surface area (Å²) in [6.07, 6.45) is 0. The molecule has 30 heavy (non-hydrogen) atoms. The van der Waals surface area contributed by atoms with Gasteiger partial charge in [-0.05, 0) is 42.5 Å². The Morgan fingerprint density at radius 3 is 2.40 bits per heavy atom. The number of sulfonamides is 1. The minimum absolute atomic E-state index is 0.00256. The van der Waals surface area contributed by atoms with Crippen molar-refractivity contribution in [2.45, 2.75) is 4.90 Å². The molecule has 3 rings (SSSR count). The molecule has 0 aliphatic heterocycles. The first kappa shape index (κ1) is 20.9. The Balaban J connectivity index is 1.87. The fourth-order valence-electron chi connectivity index (χ4n) is 2.67. The van der Waals surface area contributed by atoms with E-state index in [1.807, 2.05) is 0 Å². The number of benzene rings is 3. The zero-order chi connectivity index (χ0) is 21.9. The molecule has 1 N–H and O–H groups in total. The molecule has 8 nitrogen and oxygen atoms in total. The molecule has 0 aliphatic rings. The summed E-state index contributed by atoms with van der Waals surface area (Å²) < 4.78 is 40.3. The number of nitro benzene ring substituents is 1. The maximum Gasteiger partial charge on any atom is 0.306 e. The maximum absolute atomic E-state index is 13.5. The zero-order valence-corrected chi connectivity index (χ0v) is 16.5. The largest absolute Gasteiger partial charge is 0.322 e. The molecular weight excluding hydrogens is 413 g/mol. The highest BCUT2D eigenvalue weighted by molar-refractivity contribution is 7.92. The zero-order valence-electron chi connectivity index (χ0n) is 15.7. The van der Waals surface area contributed by atoms with E-state index in [-0.39, 0.29) is 16.1 Å². The number of anilines is 2. The highest BCUT2D eigenvalue weighted by Crippen LogP contribution is 2.24. The molecule has 3 aromatic rings. The number of hydrogen-bond donors (Lipinski definition) is 1. The molecule has 0 heterocycles. The summed E-state index contributed by atoms with van der Waals surface area (Å²) in [5, 5.41) is 13.2. The van der Waals surface area contributed by atoms with Gasteiger partial charge in [-0.15, -0.1) is 0 Å². The highest BCUT2D eigenvalue weighted by atomic mass is 32.2. The van der Waals surface area contributed by atoms with Crippen LogP contribution >= 0.6 is 0 Å². The van der Waals surface area contributed by atoms with Crippen LogP contribution in [0.1, 0.15) is 10.4 Å². The van der Waals surface area contributed by atoms with Crippen LogP contribution in [0.2, 0.25) is 0 Å². The summed E-state index contributed by atoms with van der Waals surface area (Å²) in [4.78, 5) is 22.4. The Kier molecular flexibility index (Phi) is 5.79. The van der Waals surface area contributed by atoms with E-state index in [0.29, 0.717) is 5.69 Å². The lowest BCUT2D eigenvalue weighted by molar-refractivity contribution is -0.387. The number of carbonyl (C=O) groups excluding carboxylic acids is 1. The molecule has 0 saturated carbocycles. The number of carbonyl (C=O) groups is 1. The van der Waals surface area contributed by atoms with Gasteiger partial charge in [0.1, 0.15) is 0 Å². The lowest BCUT2D eigenvalue weighted by atomic mass is 10.2. The van der Waals surface area contributed by atoms with Crippen LogP contribution in [-0.2, 0) is 10.0 Å². The average Bonchev–Trinajstić information content (AvgIpc) is 2.75. The van der Waals surface area contributed by atoms with Gasteiger partial charge >= 0.3 is 5.69 Å². The summed E-state index contributed by atoms with van der Waals surface area (Å²) in [5.41, 5.74) is -0.313. The third-order valence-electron chi connectivity index (χ3n) is 4.28. The smallest absolute Gasteiger partial charge is 0.306 e. The van der Waals surface area contributed by atoms with Crippen LogP contribution in [0, 0.1) is 15.9 Å². The first-order chi connectivity index (χ1) is 14.2. The minimum Gasteiger partial charge on any atom is -0.322 e. The van der Waals surface area contributed by atoms with Crippen molar-refractivity contribution in [3.63, 3.8) is 0 Å². The molecule has 0 unspecified atom stereocenters. The Morgan fingerprint density at radius 2 is 1.73 bits per heavy atom. The molecule has 0 saturated heterocycles. The monoisotopic (exact) mass is 429 g/mol. The summed E-state index contributed by atoms with van der Waals surface area (Å²) in [6.45, 7) is 0. The summed E-state index contributed by atoms with van der Waals surface area (Å²) in [5.74, 6) is -1.73. The topological polar surface area (TPSA) is 110 Å². The van der Waals surface area contributed by atoms with E-state index in [4.69, 9.17) is 0 Å². The molecule has 3 aromatic carbocycles. The molecule has 10 heteroatoms. The quantitative estimate of drug-likeness (QED) is 0.473. The van der Waals surface area contributed by atoms with Gasteiger partial charge in [-0.3, -0.25) is 19.2 Å². The Labute approximate surface area is 171 Å². The van der Waals surface area contributed by atoms with Gasteiger partial charge in [0.05, 0.1) is 15.5 Å². The summed E-state index contributed by atoms with van der Waals surface area (Å²) in [7, 11) is -2.53. The predicted molar refractivity (Wildman–Crippen MR) is 109 cm³/mol. The Hall–Kier alpha value is -3.79. The molecule has 1 amide bonds. The molecule has 0 radical (unpaired) electrons. The third-order valence-corrected chi connectivity index (χ3v) is 6.06. The molecule has 0 aliphatic carbocycles. The minimum atomic E-state index is -3.93. The van der Waals surface area contributed by atoms with Crippen LogP contribution in [0.3, 0.4) is 0 Å². The first-order valence-electron chi connectivity index (χ1n) is 8.59. The van der Waals surface area contributed by atoms with Crippen LogP contribution < -0.4 is 9.62 Å². The second-order valence-electron chi connectivity index (χ2n) is 6.21. The first-order valence-corrected chi connectivity index (χ1v) is 10.0. The van der Waals surface area contributed by atoms with Crippen LogP contribution in [0.15, 0.2) is 77.7 Å². The highest BCUT2D eigenvalue weighted by Gasteiger charge is 2.23. The van der Waals surface area contributed by atoms with E-state index in [0.717, 1.165) is 16.4 Å². The van der Waals surface area contributed by atoms with E-state index >= 15 is 0 Å². The molecule has 0 atom stereocenters. The number of nitro groups is 1. The van der Waals surface area contributed by atoms with Gasteiger partial charge in [0.15, 0.2) is 0 Å². The number of nitrogens with zero attached hydrogens (tertiary/aromatic N) is 2. The summed E-state index contributed by atoms with van der Waals surface area (Å²) >= 11 is 0. The fraction of sp³-hybridized carbons (Fsp3) is 0.0500. The van der Waals surface area contributed by atoms with Gasteiger partial charge < -0.3 is 5.32 Å². The van der Waals surface area contributed by atoms with Gasteiger partial charge in [0.2, 0.25) is 5.82 Å². The average molecular weight is 429 g/mol. The van der Waals surface area contributed by atoms with E-state index < -0.39 is 32.4 Å². The third kappa shape index (κ3) is 4.28. The van der Waals surface area contributed by atoms with Crippen molar-refractivity contribution in [3.05, 3.63) is 94.3 Å². The molecule has 0 aromatic heterocycles. The molecule has 0 spiro atoms. The molecule has 0 bridgehead atoms. The SMILES string of the molecule is CN(c1ccccc1)S(=O)(=O)c1cccc(C(=O)Nc2ccc(F)c([N+](=O)[O-])c2)c1. The number of halogens is 1. The van der Waals surface area contributed by atoms with E-state index in [1.165, 1.54) is 37.4 Å². The number of nitrogens with one attached hydrogen (secondary N) is 1.